The lowest BCUT2D eigenvalue weighted by atomic mass is 9.96. The average Bonchev–Trinajstić information content (AvgIpc) is 2.34. The molecule has 2 N–H and O–H groups in total. The summed E-state index contributed by atoms with van der Waals surface area (Å²) in [5.41, 5.74) is 0.481. The van der Waals surface area contributed by atoms with Crippen LogP contribution in [0.2, 0.25) is 0 Å². The molecule has 0 heterocycles. The number of carboxylic acids is 2. The van der Waals surface area contributed by atoms with Crippen LogP contribution in [0, 0.1) is 11.8 Å². The van der Waals surface area contributed by atoms with Crippen molar-refractivity contribution in [3.05, 3.63) is 34.9 Å². The van der Waals surface area contributed by atoms with E-state index in [-0.39, 0.29) is 11.1 Å². The van der Waals surface area contributed by atoms with Crippen LogP contribution in [0.25, 0.3) is 0 Å². The van der Waals surface area contributed by atoms with Crippen molar-refractivity contribution < 1.29 is 19.8 Å². The molecule has 0 amide bonds. The van der Waals surface area contributed by atoms with Crippen LogP contribution in [0.4, 0.5) is 0 Å². The molecular formula is C14H14O4. The fraction of sp³-hybridized carbons (Fsp3) is 0.286. The molecule has 4 nitrogen and oxygen atoms in total. The van der Waals surface area contributed by atoms with Gasteiger partial charge < -0.3 is 10.2 Å². The Morgan fingerprint density at radius 2 is 1.72 bits per heavy atom. The first kappa shape index (κ1) is 13.8. The maximum atomic E-state index is 11.1. The zero-order valence-electron chi connectivity index (χ0n) is 10.1. The second-order valence-corrected chi connectivity index (χ2v) is 3.72. The van der Waals surface area contributed by atoms with Crippen molar-refractivity contribution in [1.29, 1.82) is 0 Å². The van der Waals surface area contributed by atoms with Crippen molar-refractivity contribution >= 4 is 11.9 Å². The lowest BCUT2D eigenvalue weighted by Crippen LogP contribution is -2.09. The third kappa shape index (κ3) is 3.36. The molecule has 0 unspecified atom stereocenters. The molecule has 0 aromatic heterocycles. The zero-order chi connectivity index (χ0) is 13.5. The van der Waals surface area contributed by atoms with Gasteiger partial charge in [0.15, 0.2) is 0 Å². The molecular weight excluding hydrogens is 232 g/mol. The molecule has 0 fully saturated rings. The van der Waals surface area contributed by atoms with Gasteiger partial charge in [0.2, 0.25) is 0 Å². The van der Waals surface area contributed by atoms with Crippen molar-refractivity contribution in [2.45, 2.75) is 26.2 Å². The van der Waals surface area contributed by atoms with Crippen LogP contribution in [0.3, 0.4) is 0 Å². The van der Waals surface area contributed by atoms with Crippen LogP contribution in [0.5, 0.6) is 0 Å². The fourth-order valence-electron chi connectivity index (χ4n) is 1.74. The molecule has 0 radical (unpaired) electrons. The van der Waals surface area contributed by atoms with E-state index in [1.807, 2.05) is 0 Å². The average molecular weight is 246 g/mol. The van der Waals surface area contributed by atoms with Gasteiger partial charge >= 0.3 is 11.9 Å². The minimum Gasteiger partial charge on any atom is -0.478 e. The zero-order valence-corrected chi connectivity index (χ0v) is 10.1. The number of hydrogen-bond donors (Lipinski definition) is 2. The molecule has 1 aromatic rings. The van der Waals surface area contributed by atoms with Gasteiger partial charge in [0.25, 0.3) is 0 Å². The second kappa shape index (κ2) is 6.45. The Labute approximate surface area is 105 Å². The molecule has 0 aliphatic rings. The summed E-state index contributed by atoms with van der Waals surface area (Å²) in [5.74, 6) is 3.41. The first-order valence-electron chi connectivity index (χ1n) is 5.56. The maximum Gasteiger partial charge on any atom is 0.335 e. The van der Waals surface area contributed by atoms with Gasteiger partial charge in [-0.1, -0.05) is 6.07 Å². The van der Waals surface area contributed by atoms with E-state index in [1.54, 1.807) is 6.92 Å². The molecule has 0 bridgehead atoms. The Morgan fingerprint density at radius 3 is 2.17 bits per heavy atom. The highest BCUT2D eigenvalue weighted by molar-refractivity contribution is 5.96. The van der Waals surface area contributed by atoms with E-state index < -0.39 is 11.9 Å². The topological polar surface area (TPSA) is 74.6 Å². The van der Waals surface area contributed by atoms with E-state index in [2.05, 4.69) is 11.8 Å². The number of unbranched alkanes of at least 4 members (excludes halogenated alkanes) is 1. The molecule has 0 saturated carbocycles. The third-order valence-electron chi connectivity index (χ3n) is 2.54. The predicted molar refractivity (Wildman–Crippen MR) is 66.7 cm³/mol. The summed E-state index contributed by atoms with van der Waals surface area (Å²) in [5, 5.41) is 18.1. The van der Waals surface area contributed by atoms with Crippen LogP contribution in [0.15, 0.2) is 18.2 Å². The van der Waals surface area contributed by atoms with E-state index in [0.717, 1.165) is 0 Å². The molecule has 1 rings (SSSR count). The highest BCUT2D eigenvalue weighted by Gasteiger charge is 2.17. The van der Waals surface area contributed by atoms with E-state index in [9.17, 15) is 9.59 Å². The van der Waals surface area contributed by atoms with Gasteiger partial charge in [0.1, 0.15) is 0 Å². The molecule has 4 heteroatoms. The number of hydrogen-bond acceptors (Lipinski definition) is 2. The minimum absolute atomic E-state index is 0.0550. The number of carboxylic acid groups (broad SMARTS) is 2. The summed E-state index contributed by atoms with van der Waals surface area (Å²) in [6.45, 7) is 1.73. The quantitative estimate of drug-likeness (QED) is 0.618. The first-order chi connectivity index (χ1) is 8.57. The Hall–Kier alpha value is -2.28. The first-order valence-corrected chi connectivity index (χ1v) is 5.56. The summed E-state index contributed by atoms with van der Waals surface area (Å²) >= 11 is 0. The van der Waals surface area contributed by atoms with Crippen molar-refractivity contribution in [2.75, 3.05) is 0 Å². The van der Waals surface area contributed by atoms with Crippen molar-refractivity contribution in [2.24, 2.45) is 0 Å². The highest BCUT2D eigenvalue weighted by Crippen LogP contribution is 2.18. The molecule has 1 aromatic carbocycles. The van der Waals surface area contributed by atoms with Crippen LogP contribution >= 0.6 is 0 Å². The number of aromatic carboxylic acids is 2. The number of rotatable bonds is 5. The van der Waals surface area contributed by atoms with Crippen LogP contribution in [-0.2, 0) is 6.42 Å². The van der Waals surface area contributed by atoms with Crippen LogP contribution in [0.1, 0.15) is 46.0 Å². The Bertz CT molecular complexity index is 488. The van der Waals surface area contributed by atoms with E-state index in [4.69, 9.17) is 10.2 Å². The molecule has 18 heavy (non-hydrogen) atoms. The minimum atomic E-state index is -1.10. The van der Waals surface area contributed by atoms with E-state index in [1.165, 1.54) is 18.2 Å². The summed E-state index contributed by atoms with van der Waals surface area (Å²) < 4.78 is 0. The van der Waals surface area contributed by atoms with E-state index in [0.29, 0.717) is 24.8 Å². The van der Waals surface area contributed by atoms with Crippen molar-refractivity contribution in [3.8, 4) is 11.8 Å². The van der Waals surface area contributed by atoms with Crippen molar-refractivity contribution in [3.63, 3.8) is 0 Å². The number of carbonyl (C=O) groups is 2. The predicted octanol–water partition coefficient (Wildman–Crippen LogP) is 2.43. The SMILES string of the molecule is CC#CCCCc1c(C(=O)O)cccc1C(=O)O. The Balaban J connectivity index is 3.05. The fourth-order valence-corrected chi connectivity index (χ4v) is 1.74. The summed E-state index contributed by atoms with van der Waals surface area (Å²) in [7, 11) is 0. The molecule has 0 spiro atoms. The molecule has 0 atom stereocenters. The lowest BCUT2D eigenvalue weighted by molar-refractivity contribution is 0.0695. The van der Waals surface area contributed by atoms with Gasteiger partial charge in [-0.2, -0.15) is 0 Å². The van der Waals surface area contributed by atoms with E-state index >= 15 is 0 Å². The molecule has 0 saturated heterocycles. The van der Waals surface area contributed by atoms with Crippen molar-refractivity contribution in [1.82, 2.24) is 0 Å². The number of benzene rings is 1. The molecule has 94 valence electrons. The lowest BCUT2D eigenvalue weighted by Gasteiger charge is -2.08. The van der Waals surface area contributed by atoms with Gasteiger partial charge in [-0.3, -0.25) is 0 Å². The largest absolute Gasteiger partial charge is 0.478 e. The maximum absolute atomic E-state index is 11.1. The molecule has 0 aliphatic carbocycles. The third-order valence-corrected chi connectivity index (χ3v) is 2.54. The smallest absolute Gasteiger partial charge is 0.335 e. The van der Waals surface area contributed by atoms with Crippen LogP contribution in [-0.4, -0.2) is 22.2 Å². The van der Waals surface area contributed by atoms with Crippen LogP contribution < -0.4 is 0 Å². The normalized spacial score (nSPS) is 9.39. The van der Waals surface area contributed by atoms with Gasteiger partial charge in [0.05, 0.1) is 11.1 Å². The van der Waals surface area contributed by atoms with Gasteiger partial charge in [-0.15, -0.1) is 11.8 Å². The highest BCUT2D eigenvalue weighted by atomic mass is 16.4. The monoisotopic (exact) mass is 246 g/mol. The van der Waals surface area contributed by atoms with Gasteiger partial charge in [-0.05, 0) is 37.5 Å². The van der Waals surface area contributed by atoms with Gasteiger partial charge in [0, 0.05) is 6.42 Å². The Kier molecular flexibility index (Phi) is 4.94. The summed E-state index contributed by atoms with van der Waals surface area (Å²) in [6, 6.07) is 4.30. The molecule has 0 aliphatic heterocycles. The Morgan fingerprint density at radius 1 is 1.17 bits per heavy atom. The summed E-state index contributed by atoms with van der Waals surface area (Å²) in [4.78, 5) is 22.1. The second-order valence-electron chi connectivity index (χ2n) is 3.72. The van der Waals surface area contributed by atoms with Gasteiger partial charge in [-0.25, -0.2) is 9.59 Å². The standard InChI is InChI=1S/C14H14O4/c1-2-3-4-5-7-10-11(13(15)16)8-6-9-12(10)14(17)18/h6,8-9H,4-5,7H2,1H3,(H,15,16)(H,17,18). The summed E-state index contributed by atoms with van der Waals surface area (Å²) in [6.07, 6.45) is 1.67.